The molecule has 0 aliphatic carbocycles. The number of hydrogen-bond donors (Lipinski definition) is 0. The third kappa shape index (κ3) is 4.18. The molecule has 11 aromatic carbocycles. The highest BCUT2D eigenvalue weighted by molar-refractivity contribution is 6.28. The van der Waals surface area contributed by atoms with E-state index in [0.29, 0.717) is 0 Å². The molecule has 2 heteroatoms. The van der Waals surface area contributed by atoms with E-state index in [4.69, 9.17) is 0 Å². The lowest BCUT2D eigenvalue weighted by Gasteiger charge is -2.13. The Kier molecular flexibility index (Phi) is 6.18. The quantitative estimate of drug-likeness (QED) is 0.158. The highest BCUT2D eigenvalue weighted by atomic mass is 14.9. The maximum atomic E-state index is 2.50. The summed E-state index contributed by atoms with van der Waals surface area (Å²) >= 11 is 0. The predicted molar refractivity (Wildman–Crippen MR) is 265 cm³/mol. The van der Waals surface area contributed by atoms with Gasteiger partial charge >= 0.3 is 0 Å². The number of benzene rings is 11. The van der Waals surface area contributed by atoms with Gasteiger partial charge in [0.25, 0.3) is 0 Å². The molecular weight excluding hydrogens is 749 g/mol. The van der Waals surface area contributed by atoms with Crippen LogP contribution in [0.15, 0.2) is 206 Å². The van der Waals surface area contributed by atoms with Crippen LogP contribution in [0.25, 0.3) is 142 Å². The average Bonchev–Trinajstić information content (AvgIpc) is 4.07. The van der Waals surface area contributed by atoms with Crippen LogP contribution in [0.5, 0.6) is 0 Å². The van der Waals surface area contributed by atoms with Gasteiger partial charge in [0.05, 0.1) is 33.1 Å². The van der Waals surface area contributed by atoms with E-state index in [0.717, 1.165) is 0 Å². The highest BCUT2D eigenvalue weighted by Crippen LogP contribution is 2.46. The molecule has 2 nitrogen and oxygen atoms in total. The molecule has 0 amide bonds. The van der Waals surface area contributed by atoms with Gasteiger partial charge in [-0.05, 0) is 132 Å². The van der Waals surface area contributed by atoms with Gasteiger partial charge in [-0.3, -0.25) is 0 Å². The molecular formula is C60H34N2. The zero-order chi connectivity index (χ0) is 40.2. The first-order valence-corrected chi connectivity index (χ1v) is 21.6. The molecule has 4 heterocycles. The minimum Gasteiger partial charge on any atom is -0.308 e. The lowest BCUT2D eigenvalue weighted by Crippen LogP contribution is -1.86. The summed E-state index contributed by atoms with van der Waals surface area (Å²) < 4.78 is 4.95. The van der Waals surface area contributed by atoms with Crippen molar-refractivity contribution in [2.24, 2.45) is 0 Å². The van der Waals surface area contributed by atoms with Gasteiger partial charge in [-0.2, -0.15) is 0 Å². The molecule has 15 aromatic rings. The van der Waals surface area contributed by atoms with Crippen LogP contribution in [0.2, 0.25) is 0 Å². The summed E-state index contributed by atoms with van der Waals surface area (Å²) in [6.07, 6.45) is 0. The zero-order valence-corrected chi connectivity index (χ0v) is 33.5. The normalized spacial score (nSPS) is 12.5. The maximum absolute atomic E-state index is 2.50. The molecule has 0 aliphatic heterocycles. The van der Waals surface area contributed by atoms with Crippen molar-refractivity contribution in [2.45, 2.75) is 0 Å². The second-order valence-electron chi connectivity index (χ2n) is 17.2. The van der Waals surface area contributed by atoms with Crippen LogP contribution in [0.3, 0.4) is 0 Å². The summed E-state index contributed by atoms with van der Waals surface area (Å²) in [6.45, 7) is 0. The van der Waals surface area contributed by atoms with Crippen molar-refractivity contribution in [1.29, 1.82) is 0 Å². The molecule has 0 saturated carbocycles. The molecule has 0 aliphatic rings. The number of fused-ring (bicyclic) bond motifs is 18. The summed E-state index contributed by atoms with van der Waals surface area (Å²) in [4.78, 5) is 0. The molecule has 0 N–H and O–H groups in total. The summed E-state index contributed by atoms with van der Waals surface area (Å²) in [5, 5.41) is 18.1. The van der Waals surface area contributed by atoms with Crippen molar-refractivity contribution in [3.63, 3.8) is 0 Å². The van der Waals surface area contributed by atoms with Crippen molar-refractivity contribution in [1.82, 2.24) is 8.80 Å². The molecule has 284 valence electrons. The summed E-state index contributed by atoms with van der Waals surface area (Å²) in [6, 6.07) is 77.3. The van der Waals surface area contributed by atoms with Gasteiger partial charge in [0, 0.05) is 43.1 Å². The minimum atomic E-state index is 1.22. The first-order valence-electron chi connectivity index (χ1n) is 21.6. The van der Waals surface area contributed by atoms with E-state index in [-0.39, 0.29) is 0 Å². The molecule has 0 unspecified atom stereocenters. The zero-order valence-electron chi connectivity index (χ0n) is 33.5. The van der Waals surface area contributed by atoms with Gasteiger partial charge in [0.15, 0.2) is 0 Å². The molecule has 62 heavy (non-hydrogen) atoms. The van der Waals surface area contributed by atoms with E-state index in [1.807, 2.05) is 0 Å². The molecule has 0 spiro atoms. The van der Waals surface area contributed by atoms with Gasteiger partial charge in [-0.25, -0.2) is 0 Å². The Bertz CT molecular complexity index is 4270. The number of nitrogens with zero attached hydrogens (tertiary/aromatic N) is 2. The van der Waals surface area contributed by atoms with Crippen LogP contribution in [-0.2, 0) is 0 Å². The Labute approximate surface area is 355 Å². The Morgan fingerprint density at radius 3 is 1.02 bits per heavy atom. The van der Waals surface area contributed by atoms with Crippen molar-refractivity contribution < 1.29 is 0 Å². The van der Waals surface area contributed by atoms with E-state index in [1.54, 1.807) is 0 Å². The smallest absolute Gasteiger partial charge is 0.0620 e. The van der Waals surface area contributed by atoms with E-state index in [2.05, 4.69) is 215 Å². The third-order valence-corrected chi connectivity index (χ3v) is 14.1. The number of hydrogen-bond acceptors (Lipinski definition) is 0. The Morgan fingerprint density at radius 2 is 0.500 bits per heavy atom. The van der Waals surface area contributed by atoms with Crippen LogP contribution in [0.4, 0.5) is 0 Å². The van der Waals surface area contributed by atoms with Crippen LogP contribution < -0.4 is 0 Å². The fourth-order valence-electron chi connectivity index (χ4n) is 11.4. The highest BCUT2D eigenvalue weighted by Gasteiger charge is 2.22. The molecule has 15 rings (SSSR count). The van der Waals surface area contributed by atoms with Gasteiger partial charge in [-0.1, -0.05) is 140 Å². The average molecular weight is 783 g/mol. The summed E-state index contributed by atoms with van der Waals surface area (Å²) in [5.74, 6) is 0. The monoisotopic (exact) mass is 782 g/mol. The Balaban J connectivity index is 0.943. The fraction of sp³-hybridized carbons (Fsp3) is 0. The van der Waals surface area contributed by atoms with E-state index in [9.17, 15) is 0 Å². The van der Waals surface area contributed by atoms with Gasteiger partial charge in [0.1, 0.15) is 0 Å². The van der Waals surface area contributed by atoms with Gasteiger partial charge in [-0.15, -0.1) is 0 Å². The van der Waals surface area contributed by atoms with E-state index >= 15 is 0 Å². The fourth-order valence-corrected chi connectivity index (χ4v) is 11.4. The number of rotatable bonds is 3. The van der Waals surface area contributed by atoms with Gasteiger partial charge < -0.3 is 8.80 Å². The molecule has 0 radical (unpaired) electrons. The second-order valence-corrected chi connectivity index (χ2v) is 17.2. The summed E-state index contributed by atoms with van der Waals surface area (Å²) in [5.41, 5.74) is 15.0. The first-order chi connectivity index (χ1) is 30.7. The second kappa shape index (κ2) is 11.8. The molecule has 0 bridgehead atoms. The number of para-hydroxylation sites is 3. The predicted octanol–water partition coefficient (Wildman–Crippen LogP) is 16.4. The lowest BCUT2D eigenvalue weighted by atomic mass is 9.91. The summed E-state index contributed by atoms with van der Waals surface area (Å²) in [7, 11) is 0. The topological polar surface area (TPSA) is 8.82 Å². The van der Waals surface area contributed by atoms with Crippen molar-refractivity contribution in [3.8, 4) is 33.4 Å². The first kappa shape index (κ1) is 32.6. The van der Waals surface area contributed by atoms with Crippen LogP contribution >= 0.6 is 0 Å². The molecule has 4 aromatic heterocycles. The van der Waals surface area contributed by atoms with Crippen LogP contribution in [0.1, 0.15) is 0 Å². The van der Waals surface area contributed by atoms with Crippen molar-refractivity contribution >= 4 is 109 Å². The largest absolute Gasteiger partial charge is 0.308 e. The number of aromatic nitrogens is 2. The molecule has 0 saturated heterocycles. The standard InChI is InChI=1S/C60H34N2/c1-2-16-43-41(14-1)42-15-3-4-17-44(42)49-29-37(24-26-45(43)49)35-12-11-13-36(28-35)39-31-53-48-20-7-10-23-57(48)62-58-27-25-38(30-50(58)54(34-39)60(53)62)40-32-51-46-18-5-8-21-55(46)61-56-22-9-6-19-47(56)52(33-40)59(51)61/h1-34H. The third-order valence-electron chi connectivity index (χ3n) is 14.1. The van der Waals surface area contributed by atoms with Crippen LogP contribution in [0, 0.1) is 0 Å². The van der Waals surface area contributed by atoms with E-state index < -0.39 is 0 Å². The van der Waals surface area contributed by atoms with Crippen LogP contribution in [-0.4, -0.2) is 8.80 Å². The SMILES string of the molecule is c1cc(-c2ccc3c4ccccc4c4ccccc4c3c2)cc(-c2cc3c4ccccc4n4c5ccc(-c6cc7c8ccccc8n8c9ccccc9c(c6)c78)cc5c(c2)c34)c1. The molecule has 0 fully saturated rings. The van der Waals surface area contributed by atoms with Crippen molar-refractivity contribution in [3.05, 3.63) is 206 Å². The van der Waals surface area contributed by atoms with Gasteiger partial charge in [0.2, 0.25) is 0 Å². The molecule has 0 atom stereocenters. The van der Waals surface area contributed by atoms with E-state index in [1.165, 1.54) is 142 Å². The van der Waals surface area contributed by atoms with Crippen molar-refractivity contribution in [2.75, 3.05) is 0 Å². The Hall–Kier alpha value is -8.20. The Morgan fingerprint density at radius 1 is 0.177 bits per heavy atom. The lowest BCUT2D eigenvalue weighted by molar-refractivity contribution is 1.37. The minimum absolute atomic E-state index is 1.22. The maximum Gasteiger partial charge on any atom is 0.0620 e.